The number of hydrogen-bond acceptors (Lipinski definition) is 5. The number of aromatic nitrogens is 1. The highest BCUT2D eigenvalue weighted by Gasteiger charge is 2.29. The number of halogens is 1. The number of aromatic amines is 1. The molecule has 7 heteroatoms. The number of aldehydes is 1. The molecule has 4 rings (SSSR count). The Balaban J connectivity index is 0.000000706. The number of rotatable bonds is 4. The average molecular weight is 402 g/mol. The molecule has 3 N–H and O–H groups in total. The predicted octanol–water partition coefficient (Wildman–Crippen LogP) is 3.75. The van der Waals surface area contributed by atoms with E-state index in [0.29, 0.717) is 12.8 Å². The van der Waals surface area contributed by atoms with Crippen LogP contribution in [0, 0.1) is 5.82 Å². The van der Waals surface area contributed by atoms with E-state index in [-0.39, 0.29) is 11.9 Å². The fourth-order valence-electron chi connectivity index (χ4n) is 3.25. The first-order valence-electron chi connectivity index (χ1n) is 9.06. The minimum atomic E-state index is -0.979. The first-order valence-corrected chi connectivity index (χ1v) is 9.83. The number of β-amino-alcohol motifs (C(OH)–C–C–N with tert-alkyl or cyclic N) is 1. The maximum Gasteiger partial charge on any atom is 0.149 e. The predicted molar refractivity (Wildman–Crippen MR) is 112 cm³/mol. The highest BCUT2D eigenvalue weighted by Crippen LogP contribution is 2.45. The van der Waals surface area contributed by atoms with E-state index < -0.39 is 6.10 Å². The normalized spacial score (nSPS) is 17.1. The number of H-pyrrole nitrogens is 1. The van der Waals surface area contributed by atoms with Gasteiger partial charge in [-0.15, -0.1) is 0 Å². The van der Waals surface area contributed by atoms with Crippen molar-refractivity contribution in [3.63, 3.8) is 0 Å². The summed E-state index contributed by atoms with van der Waals surface area (Å²) in [6.45, 7) is 2.36. The number of carbonyl (C=O) groups is 1. The minimum Gasteiger partial charge on any atom is -0.384 e. The number of nitrogens with zero attached hydrogens (tertiary/aromatic N) is 1. The van der Waals surface area contributed by atoms with E-state index in [4.69, 9.17) is 0 Å². The zero-order chi connectivity index (χ0) is 20.3. The molecule has 2 unspecified atom stereocenters. The second-order valence-electron chi connectivity index (χ2n) is 6.72. The van der Waals surface area contributed by atoms with Crippen molar-refractivity contribution in [2.45, 2.75) is 24.0 Å². The zero-order valence-corrected chi connectivity index (χ0v) is 16.9. The van der Waals surface area contributed by atoms with Gasteiger partial charge in [0.1, 0.15) is 18.2 Å². The van der Waals surface area contributed by atoms with Crippen LogP contribution in [0.25, 0.3) is 22.0 Å². The number of fused-ring (bicyclic) bond motifs is 2. The first-order chi connectivity index (χ1) is 13.5. The number of hydrogen-bond donors (Lipinski definition) is 3. The van der Waals surface area contributed by atoms with E-state index >= 15 is 0 Å². The highest BCUT2D eigenvalue weighted by molar-refractivity contribution is 7.97. The number of benzene rings is 2. The van der Waals surface area contributed by atoms with Gasteiger partial charge in [0.25, 0.3) is 0 Å². The molecular weight excluding hydrogens is 377 g/mol. The summed E-state index contributed by atoms with van der Waals surface area (Å²) in [5, 5.41) is 13.3. The summed E-state index contributed by atoms with van der Waals surface area (Å²) in [6, 6.07) is 11.1. The molecule has 0 aliphatic carbocycles. The fraction of sp³-hybridized carbons (Fsp3) is 0.286. The second kappa shape index (κ2) is 8.87. The molecule has 28 heavy (non-hydrogen) atoms. The van der Waals surface area contributed by atoms with Crippen molar-refractivity contribution in [3.8, 4) is 11.1 Å². The van der Waals surface area contributed by atoms with E-state index in [2.05, 4.69) is 29.4 Å². The summed E-state index contributed by atoms with van der Waals surface area (Å²) in [5.41, 5.74) is 4.02. The lowest BCUT2D eigenvalue weighted by Crippen LogP contribution is -2.27. The average Bonchev–Trinajstić information content (AvgIpc) is 3.23. The number of nitrogens with one attached hydrogen (secondary N) is 2. The summed E-state index contributed by atoms with van der Waals surface area (Å²) >= 11 is 1.56. The van der Waals surface area contributed by atoms with Gasteiger partial charge in [-0.25, -0.2) is 8.70 Å². The molecule has 148 valence electrons. The van der Waals surface area contributed by atoms with E-state index in [1.165, 1.54) is 12.1 Å². The van der Waals surface area contributed by atoms with Crippen molar-refractivity contribution >= 4 is 29.1 Å². The van der Waals surface area contributed by atoms with Gasteiger partial charge in [0.05, 0.1) is 0 Å². The van der Waals surface area contributed by atoms with Crippen LogP contribution in [0.15, 0.2) is 47.5 Å². The maximum absolute atomic E-state index is 13.4. The van der Waals surface area contributed by atoms with Crippen molar-refractivity contribution in [2.75, 3.05) is 20.6 Å². The molecule has 0 spiro atoms. The molecule has 0 saturated heterocycles. The van der Waals surface area contributed by atoms with E-state index in [1.54, 1.807) is 18.0 Å². The van der Waals surface area contributed by atoms with Crippen molar-refractivity contribution in [1.29, 1.82) is 0 Å². The lowest BCUT2D eigenvalue weighted by atomic mass is 9.99. The maximum atomic E-state index is 13.4. The Labute approximate surface area is 168 Å². The number of carbonyl (C=O) groups excluding carboxylic acids is 1. The molecule has 1 aliphatic rings. The lowest BCUT2D eigenvalue weighted by Gasteiger charge is -2.20. The van der Waals surface area contributed by atoms with Crippen molar-refractivity contribution in [2.24, 2.45) is 0 Å². The summed E-state index contributed by atoms with van der Waals surface area (Å²) < 4.78 is 15.4. The molecule has 3 aromatic rings. The van der Waals surface area contributed by atoms with Gasteiger partial charge in [0, 0.05) is 40.1 Å². The Morgan fingerprint density at radius 3 is 2.79 bits per heavy atom. The summed E-state index contributed by atoms with van der Waals surface area (Å²) in [4.78, 5) is 15.0. The van der Waals surface area contributed by atoms with Gasteiger partial charge < -0.3 is 20.2 Å². The fourth-order valence-corrected chi connectivity index (χ4v) is 4.46. The van der Waals surface area contributed by atoms with Crippen LogP contribution in [0.1, 0.15) is 18.5 Å². The lowest BCUT2D eigenvalue weighted by molar-refractivity contribution is -0.115. The van der Waals surface area contributed by atoms with Gasteiger partial charge in [0.15, 0.2) is 0 Å². The van der Waals surface area contributed by atoms with Crippen molar-refractivity contribution in [1.82, 2.24) is 14.6 Å². The smallest absolute Gasteiger partial charge is 0.149 e. The van der Waals surface area contributed by atoms with Gasteiger partial charge >= 0.3 is 0 Å². The Bertz CT molecular complexity index is 975. The van der Waals surface area contributed by atoms with Gasteiger partial charge in [-0.1, -0.05) is 6.07 Å². The molecule has 2 aromatic carbocycles. The highest BCUT2D eigenvalue weighted by atomic mass is 32.2. The standard InChI is InChI=1S/C19H17FN2O2S.C2H7N/c1-11-16-6-12(2-5-19(16)25-22(11)9-14(24)10-23)17-8-21-18-7-13(20)3-4-15(17)18;1-3-2/h2-8,10-11,14,21,24H,9H2,1H3;3H,1-2H3. The molecule has 1 aromatic heterocycles. The van der Waals surface area contributed by atoms with Gasteiger partial charge in [-0.2, -0.15) is 0 Å². The molecule has 0 saturated carbocycles. The second-order valence-corrected chi connectivity index (χ2v) is 7.81. The van der Waals surface area contributed by atoms with Crippen LogP contribution in [0.4, 0.5) is 4.39 Å². The Kier molecular flexibility index (Phi) is 6.51. The summed E-state index contributed by atoms with van der Waals surface area (Å²) in [7, 11) is 3.75. The van der Waals surface area contributed by atoms with Crippen LogP contribution in [-0.4, -0.2) is 47.4 Å². The molecular formula is C21H24FN3O2S. The van der Waals surface area contributed by atoms with Crippen molar-refractivity contribution < 1.29 is 14.3 Å². The number of aliphatic hydroxyl groups excluding tert-OH is 1. The third kappa shape index (κ3) is 4.12. The third-order valence-electron chi connectivity index (χ3n) is 4.59. The molecule has 0 bridgehead atoms. The molecule has 0 amide bonds. The monoisotopic (exact) mass is 401 g/mol. The minimum absolute atomic E-state index is 0.0946. The van der Waals surface area contributed by atoms with Crippen molar-refractivity contribution in [3.05, 3.63) is 54.0 Å². The molecule has 0 fully saturated rings. The van der Waals surface area contributed by atoms with Crippen LogP contribution in [0.2, 0.25) is 0 Å². The molecule has 1 aliphatic heterocycles. The first kappa shape index (κ1) is 20.5. The van der Waals surface area contributed by atoms with Gasteiger partial charge in [0.2, 0.25) is 0 Å². The van der Waals surface area contributed by atoms with Crippen LogP contribution in [-0.2, 0) is 4.79 Å². The van der Waals surface area contributed by atoms with E-state index in [0.717, 1.165) is 32.5 Å². The molecule has 2 atom stereocenters. The largest absolute Gasteiger partial charge is 0.384 e. The quantitative estimate of drug-likeness (QED) is 0.459. The Morgan fingerprint density at radius 2 is 2.07 bits per heavy atom. The van der Waals surface area contributed by atoms with E-state index in [9.17, 15) is 14.3 Å². The SMILES string of the molecule is CC1c2cc(-c3c[nH]c4cc(F)ccc34)ccc2SN1CC(O)C=O.CNC. The zero-order valence-electron chi connectivity index (χ0n) is 16.1. The Morgan fingerprint density at radius 1 is 1.32 bits per heavy atom. The van der Waals surface area contributed by atoms with Crippen LogP contribution >= 0.6 is 11.9 Å². The topological polar surface area (TPSA) is 68.4 Å². The summed E-state index contributed by atoms with van der Waals surface area (Å²) in [5.74, 6) is -0.260. The Hall–Kier alpha value is -2.19. The molecule has 0 radical (unpaired) electrons. The van der Waals surface area contributed by atoms with Crippen LogP contribution in [0.5, 0.6) is 0 Å². The number of aliphatic hydroxyl groups is 1. The van der Waals surface area contributed by atoms with Crippen LogP contribution < -0.4 is 5.32 Å². The third-order valence-corrected chi connectivity index (χ3v) is 5.85. The van der Waals surface area contributed by atoms with Gasteiger partial charge in [-0.05, 0) is 74.4 Å². The summed E-state index contributed by atoms with van der Waals surface area (Å²) in [6.07, 6.45) is 1.48. The van der Waals surface area contributed by atoms with Crippen LogP contribution in [0.3, 0.4) is 0 Å². The molecule has 2 heterocycles. The van der Waals surface area contributed by atoms with Gasteiger partial charge in [-0.3, -0.25) is 0 Å². The van der Waals surface area contributed by atoms with E-state index in [1.807, 2.05) is 30.7 Å². The molecule has 5 nitrogen and oxygen atoms in total.